The number of ether oxygens (including phenoxy) is 1. The van der Waals surface area contributed by atoms with Crippen LogP contribution in [-0.2, 0) is 6.42 Å². The van der Waals surface area contributed by atoms with Crippen LogP contribution in [0.4, 0.5) is 0 Å². The molecule has 0 aliphatic heterocycles. The van der Waals surface area contributed by atoms with Crippen LogP contribution < -0.4 is 15.4 Å². The molecule has 2 rings (SSSR count). The molecule has 0 spiro atoms. The second kappa shape index (κ2) is 8.52. The van der Waals surface area contributed by atoms with E-state index < -0.39 is 0 Å². The molecular formula is C21H26N2O3. The van der Waals surface area contributed by atoms with E-state index in [9.17, 15) is 9.59 Å². The Balaban J connectivity index is 1.88. The van der Waals surface area contributed by atoms with E-state index >= 15 is 0 Å². The lowest BCUT2D eigenvalue weighted by molar-refractivity contribution is 0.0915. The molecule has 0 radical (unpaired) electrons. The van der Waals surface area contributed by atoms with E-state index in [-0.39, 0.29) is 17.4 Å². The molecule has 26 heavy (non-hydrogen) atoms. The zero-order valence-corrected chi connectivity index (χ0v) is 15.8. The SMILES string of the molecule is COc1cccc(CCNC(=O)c2ccc(C(=O)NC(C)(C)C)cc2)c1. The second-order valence-corrected chi connectivity index (χ2v) is 7.14. The lowest BCUT2D eigenvalue weighted by atomic mass is 10.1. The molecule has 0 aliphatic rings. The van der Waals surface area contributed by atoms with Crippen molar-refractivity contribution >= 4 is 11.8 Å². The van der Waals surface area contributed by atoms with Crippen LogP contribution in [0.15, 0.2) is 48.5 Å². The van der Waals surface area contributed by atoms with Crippen molar-refractivity contribution in [2.45, 2.75) is 32.7 Å². The maximum absolute atomic E-state index is 12.2. The Labute approximate surface area is 154 Å². The molecule has 0 bridgehead atoms. The largest absolute Gasteiger partial charge is 0.497 e. The predicted octanol–water partition coefficient (Wildman–Crippen LogP) is 3.20. The first-order chi connectivity index (χ1) is 12.3. The fourth-order valence-electron chi connectivity index (χ4n) is 2.44. The third-order valence-electron chi connectivity index (χ3n) is 3.73. The van der Waals surface area contributed by atoms with E-state index in [1.807, 2.05) is 45.0 Å². The highest BCUT2D eigenvalue weighted by atomic mass is 16.5. The summed E-state index contributed by atoms with van der Waals surface area (Å²) < 4.78 is 5.19. The van der Waals surface area contributed by atoms with Crippen molar-refractivity contribution in [3.63, 3.8) is 0 Å². The number of hydrogen-bond acceptors (Lipinski definition) is 3. The Bertz CT molecular complexity index is 762. The van der Waals surface area contributed by atoms with Crippen molar-refractivity contribution < 1.29 is 14.3 Å². The van der Waals surface area contributed by atoms with Crippen molar-refractivity contribution in [3.05, 3.63) is 65.2 Å². The maximum atomic E-state index is 12.2. The summed E-state index contributed by atoms with van der Waals surface area (Å²) in [6, 6.07) is 14.4. The fourth-order valence-corrected chi connectivity index (χ4v) is 2.44. The molecular weight excluding hydrogens is 328 g/mol. The van der Waals surface area contributed by atoms with E-state index in [4.69, 9.17) is 4.74 Å². The molecule has 5 heteroatoms. The average molecular weight is 354 g/mol. The van der Waals surface area contributed by atoms with Gasteiger partial charge in [-0.1, -0.05) is 12.1 Å². The predicted molar refractivity (Wildman–Crippen MR) is 103 cm³/mol. The zero-order chi connectivity index (χ0) is 19.2. The molecule has 138 valence electrons. The number of rotatable bonds is 6. The number of benzene rings is 2. The summed E-state index contributed by atoms with van der Waals surface area (Å²) in [6.07, 6.45) is 0.717. The molecule has 2 N–H and O–H groups in total. The Hall–Kier alpha value is -2.82. The number of hydrogen-bond donors (Lipinski definition) is 2. The normalized spacial score (nSPS) is 10.9. The number of carbonyl (C=O) groups is 2. The van der Waals surface area contributed by atoms with Crippen LogP contribution >= 0.6 is 0 Å². The van der Waals surface area contributed by atoms with Crippen molar-refractivity contribution in [3.8, 4) is 5.75 Å². The molecule has 2 amide bonds. The van der Waals surface area contributed by atoms with Gasteiger partial charge in [-0.2, -0.15) is 0 Å². The van der Waals surface area contributed by atoms with Gasteiger partial charge in [-0.05, 0) is 69.2 Å². The Morgan fingerprint density at radius 3 is 2.15 bits per heavy atom. The van der Waals surface area contributed by atoms with Gasteiger partial charge in [-0.25, -0.2) is 0 Å². The highest BCUT2D eigenvalue weighted by Crippen LogP contribution is 2.13. The van der Waals surface area contributed by atoms with E-state index in [1.165, 1.54) is 0 Å². The average Bonchev–Trinajstić information content (AvgIpc) is 2.60. The Kier molecular flexibility index (Phi) is 6.39. The van der Waals surface area contributed by atoms with Crippen LogP contribution in [0, 0.1) is 0 Å². The van der Waals surface area contributed by atoms with Crippen molar-refractivity contribution in [2.75, 3.05) is 13.7 Å². The van der Waals surface area contributed by atoms with Gasteiger partial charge in [0.2, 0.25) is 0 Å². The lowest BCUT2D eigenvalue weighted by Crippen LogP contribution is -2.40. The van der Waals surface area contributed by atoms with Gasteiger partial charge in [-0.15, -0.1) is 0 Å². The second-order valence-electron chi connectivity index (χ2n) is 7.14. The fraction of sp³-hybridized carbons (Fsp3) is 0.333. The molecule has 2 aromatic rings. The third kappa shape index (κ3) is 5.92. The van der Waals surface area contributed by atoms with Gasteiger partial charge in [0.15, 0.2) is 0 Å². The number of nitrogens with one attached hydrogen (secondary N) is 2. The molecule has 0 saturated heterocycles. The smallest absolute Gasteiger partial charge is 0.251 e. The standard InChI is InChI=1S/C21H26N2O3/c1-21(2,3)23-20(25)17-10-8-16(9-11-17)19(24)22-13-12-15-6-5-7-18(14-15)26-4/h5-11,14H,12-13H2,1-4H3,(H,22,24)(H,23,25). The van der Waals surface area contributed by atoms with Crippen LogP contribution in [0.25, 0.3) is 0 Å². The molecule has 0 fully saturated rings. The zero-order valence-electron chi connectivity index (χ0n) is 15.8. The summed E-state index contributed by atoms with van der Waals surface area (Å²) >= 11 is 0. The lowest BCUT2D eigenvalue weighted by Gasteiger charge is -2.20. The Morgan fingerprint density at radius 2 is 1.58 bits per heavy atom. The molecule has 0 saturated carbocycles. The minimum atomic E-state index is -0.298. The van der Waals surface area contributed by atoms with Gasteiger partial charge in [0.25, 0.3) is 11.8 Å². The van der Waals surface area contributed by atoms with Crippen molar-refractivity contribution in [2.24, 2.45) is 0 Å². The topological polar surface area (TPSA) is 67.4 Å². The highest BCUT2D eigenvalue weighted by Gasteiger charge is 2.15. The minimum Gasteiger partial charge on any atom is -0.497 e. The summed E-state index contributed by atoms with van der Waals surface area (Å²) in [5.74, 6) is 0.496. The summed E-state index contributed by atoms with van der Waals surface area (Å²) in [7, 11) is 1.63. The quantitative estimate of drug-likeness (QED) is 0.837. The summed E-state index contributed by atoms with van der Waals surface area (Å²) in [5.41, 5.74) is 1.86. The van der Waals surface area contributed by atoms with Crippen LogP contribution in [0.3, 0.4) is 0 Å². The van der Waals surface area contributed by atoms with Crippen molar-refractivity contribution in [1.82, 2.24) is 10.6 Å². The number of amides is 2. The van der Waals surface area contributed by atoms with E-state index in [0.29, 0.717) is 17.7 Å². The van der Waals surface area contributed by atoms with Gasteiger partial charge in [-0.3, -0.25) is 9.59 Å². The highest BCUT2D eigenvalue weighted by molar-refractivity contribution is 5.98. The number of methoxy groups -OCH3 is 1. The van der Waals surface area contributed by atoms with Gasteiger partial charge in [0.1, 0.15) is 5.75 Å². The van der Waals surface area contributed by atoms with Gasteiger partial charge in [0.05, 0.1) is 7.11 Å². The summed E-state index contributed by atoms with van der Waals surface area (Å²) in [6.45, 7) is 6.30. The first-order valence-corrected chi connectivity index (χ1v) is 8.62. The molecule has 0 aliphatic carbocycles. The third-order valence-corrected chi connectivity index (χ3v) is 3.73. The van der Waals surface area contributed by atoms with Gasteiger partial charge >= 0.3 is 0 Å². The molecule has 0 unspecified atom stereocenters. The maximum Gasteiger partial charge on any atom is 0.251 e. The van der Waals surface area contributed by atoms with Crippen LogP contribution in [0.5, 0.6) is 5.75 Å². The summed E-state index contributed by atoms with van der Waals surface area (Å²) in [4.78, 5) is 24.3. The van der Waals surface area contributed by atoms with Crippen molar-refractivity contribution in [1.29, 1.82) is 0 Å². The first kappa shape index (κ1) is 19.5. The van der Waals surface area contributed by atoms with Crippen LogP contribution in [0.1, 0.15) is 47.1 Å². The van der Waals surface area contributed by atoms with E-state index in [1.54, 1.807) is 31.4 Å². The molecule has 0 atom stereocenters. The van der Waals surface area contributed by atoms with Gasteiger partial charge in [0, 0.05) is 23.2 Å². The van der Waals surface area contributed by atoms with Crippen LogP contribution in [-0.4, -0.2) is 31.0 Å². The monoisotopic (exact) mass is 354 g/mol. The first-order valence-electron chi connectivity index (χ1n) is 8.62. The molecule has 5 nitrogen and oxygen atoms in total. The molecule has 0 aromatic heterocycles. The van der Waals surface area contributed by atoms with E-state index in [0.717, 1.165) is 17.7 Å². The minimum absolute atomic E-state index is 0.150. The molecule has 2 aromatic carbocycles. The van der Waals surface area contributed by atoms with Gasteiger partial charge < -0.3 is 15.4 Å². The Morgan fingerprint density at radius 1 is 0.962 bits per heavy atom. The number of carbonyl (C=O) groups excluding carboxylic acids is 2. The molecule has 0 heterocycles. The summed E-state index contributed by atoms with van der Waals surface area (Å²) in [5, 5.41) is 5.79. The van der Waals surface area contributed by atoms with E-state index in [2.05, 4.69) is 10.6 Å². The van der Waals surface area contributed by atoms with Crippen LogP contribution in [0.2, 0.25) is 0 Å².